The number of nitrogens with one attached hydrogen (secondary N) is 2. The molecule has 1 atom stereocenters. The van der Waals surface area contributed by atoms with E-state index in [0.717, 1.165) is 50.7 Å². The van der Waals surface area contributed by atoms with E-state index in [-0.39, 0.29) is 35.3 Å². The standard InChI is InChI=1S/C16H26N6O2.HI/c1-3-14-20-12(21-24-14)5-7-18-15(17-2)22-8-4-6-16(11-22)9-13(23)19-10-16;/h3-11H2,1-2H3,(H,17,18)(H,19,23);1H. The number of aromatic nitrogens is 2. The van der Waals surface area contributed by atoms with E-state index in [9.17, 15) is 4.79 Å². The third-order valence-corrected chi connectivity index (χ3v) is 4.81. The van der Waals surface area contributed by atoms with Crippen LogP contribution in [0.4, 0.5) is 0 Å². The van der Waals surface area contributed by atoms with Gasteiger partial charge in [0.2, 0.25) is 11.8 Å². The molecule has 1 unspecified atom stereocenters. The molecule has 0 saturated carbocycles. The quantitative estimate of drug-likeness (QED) is 0.394. The fourth-order valence-corrected chi connectivity index (χ4v) is 3.58. The molecule has 0 bridgehead atoms. The summed E-state index contributed by atoms with van der Waals surface area (Å²) in [7, 11) is 1.80. The molecule has 8 nitrogen and oxygen atoms in total. The minimum absolute atomic E-state index is 0. The zero-order valence-electron chi connectivity index (χ0n) is 14.9. The van der Waals surface area contributed by atoms with Crippen LogP contribution in [-0.4, -0.2) is 60.1 Å². The van der Waals surface area contributed by atoms with Crippen LogP contribution in [0.1, 0.15) is 37.9 Å². The predicted molar refractivity (Wildman–Crippen MR) is 105 cm³/mol. The summed E-state index contributed by atoms with van der Waals surface area (Å²) in [5.74, 6) is 2.44. The second kappa shape index (κ2) is 8.81. The van der Waals surface area contributed by atoms with Crippen molar-refractivity contribution in [2.75, 3.05) is 33.2 Å². The van der Waals surface area contributed by atoms with Crippen molar-refractivity contribution < 1.29 is 9.32 Å². The van der Waals surface area contributed by atoms with Gasteiger partial charge in [-0.2, -0.15) is 4.98 Å². The van der Waals surface area contributed by atoms with E-state index in [4.69, 9.17) is 4.52 Å². The molecule has 2 fully saturated rings. The molecule has 25 heavy (non-hydrogen) atoms. The summed E-state index contributed by atoms with van der Waals surface area (Å²) >= 11 is 0. The summed E-state index contributed by atoms with van der Waals surface area (Å²) in [5.41, 5.74) is 0.0661. The smallest absolute Gasteiger partial charge is 0.226 e. The number of piperidine rings is 1. The number of rotatable bonds is 4. The molecule has 2 N–H and O–H groups in total. The zero-order valence-corrected chi connectivity index (χ0v) is 17.2. The van der Waals surface area contributed by atoms with Gasteiger partial charge < -0.3 is 20.1 Å². The lowest BCUT2D eigenvalue weighted by Gasteiger charge is -2.40. The van der Waals surface area contributed by atoms with Crippen molar-refractivity contribution in [3.8, 4) is 0 Å². The van der Waals surface area contributed by atoms with Gasteiger partial charge in [0.25, 0.3) is 0 Å². The van der Waals surface area contributed by atoms with Crippen LogP contribution in [0.25, 0.3) is 0 Å². The number of carbonyl (C=O) groups is 1. The van der Waals surface area contributed by atoms with Crippen molar-refractivity contribution in [2.45, 2.75) is 39.0 Å². The summed E-state index contributed by atoms with van der Waals surface area (Å²) < 4.78 is 5.12. The van der Waals surface area contributed by atoms with E-state index in [1.165, 1.54) is 0 Å². The molecule has 0 aliphatic carbocycles. The summed E-state index contributed by atoms with van der Waals surface area (Å²) in [6, 6.07) is 0. The van der Waals surface area contributed by atoms with Gasteiger partial charge in [-0.15, -0.1) is 24.0 Å². The fraction of sp³-hybridized carbons (Fsp3) is 0.750. The number of amides is 1. The average molecular weight is 462 g/mol. The number of hydrogen-bond donors (Lipinski definition) is 2. The van der Waals surface area contributed by atoms with Crippen LogP contribution in [0.2, 0.25) is 0 Å². The molecule has 2 aliphatic heterocycles. The van der Waals surface area contributed by atoms with Crippen LogP contribution in [0.5, 0.6) is 0 Å². The first-order chi connectivity index (χ1) is 11.6. The van der Waals surface area contributed by atoms with Gasteiger partial charge in [-0.3, -0.25) is 9.79 Å². The summed E-state index contributed by atoms with van der Waals surface area (Å²) in [5, 5.41) is 10.3. The number of guanidine groups is 1. The Morgan fingerprint density at radius 1 is 1.52 bits per heavy atom. The topological polar surface area (TPSA) is 95.7 Å². The van der Waals surface area contributed by atoms with Crippen molar-refractivity contribution in [3.63, 3.8) is 0 Å². The number of aliphatic imine (C=N–C) groups is 1. The van der Waals surface area contributed by atoms with Gasteiger partial charge in [0.1, 0.15) is 0 Å². The van der Waals surface area contributed by atoms with Crippen molar-refractivity contribution in [1.82, 2.24) is 25.7 Å². The molecule has 3 rings (SSSR count). The van der Waals surface area contributed by atoms with Gasteiger partial charge in [-0.25, -0.2) is 0 Å². The lowest BCUT2D eigenvalue weighted by atomic mass is 9.79. The first kappa shape index (κ1) is 19.9. The largest absolute Gasteiger partial charge is 0.356 e. The number of carbonyl (C=O) groups excluding carboxylic acids is 1. The Labute approximate surface area is 165 Å². The van der Waals surface area contributed by atoms with E-state index in [1.54, 1.807) is 7.05 Å². The molecule has 1 amide bonds. The lowest BCUT2D eigenvalue weighted by Crippen LogP contribution is -2.51. The molecule has 0 aromatic carbocycles. The van der Waals surface area contributed by atoms with E-state index >= 15 is 0 Å². The number of halogens is 1. The highest BCUT2D eigenvalue weighted by molar-refractivity contribution is 14.0. The average Bonchev–Trinajstić information content (AvgIpc) is 3.18. The van der Waals surface area contributed by atoms with Crippen molar-refractivity contribution in [1.29, 1.82) is 0 Å². The third kappa shape index (κ3) is 4.83. The van der Waals surface area contributed by atoms with Gasteiger partial charge >= 0.3 is 0 Å². The molecule has 2 saturated heterocycles. The predicted octanol–water partition coefficient (Wildman–Crippen LogP) is 0.970. The van der Waals surface area contributed by atoms with Crippen LogP contribution >= 0.6 is 24.0 Å². The van der Waals surface area contributed by atoms with Crippen molar-refractivity contribution in [2.24, 2.45) is 10.4 Å². The van der Waals surface area contributed by atoms with E-state index in [2.05, 4.69) is 30.7 Å². The molecule has 1 aromatic heterocycles. The maximum absolute atomic E-state index is 11.6. The number of likely N-dealkylation sites (tertiary alicyclic amines) is 1. The highest BCUT2D eigenvalue weighted by Gasteiger charge is 2.42. The second-order valence-corrected chi connectivity index (χ2v) is 6.66. The number of nitrogens with zero attached hydrogens (tertiary/aromatic N) is 4. The van der Waals surface area contributed by atoms with E-state index in [1.807, 2.05) is 6.92 Å². The Hall–Kier alpha value is -1.39. The maximum Gasteiger partial charge on any atom is 0.226 e. The summed E-state index contributed by atoms with van der Waals surface area (Å²) in [6.07, 6.45) is 4.26. The Morgan fingerprint density at radius 2 is 2.36 bits per heavy atom. The Bertz CT molecular complexity index is 620. The molecule has 1 spiro atoms. The monoisotopic (exact) mass is 462 g/mol. The minimum Gasteiger partial charge on any atom is -0.356 e. The first-order valence-electron chi connectivity index (χ1n) is 8.68. The SMILES string of the molecule is CCc1nc(CCNC(=NC)N2CCCC3(CNC(=O)C3)C2)no1.I. The molecule has 140 valence electrons. The van der Waals surface area contributed by atoms with Crippen LogP contribution in [-0.2, 0) is 17.6 Å². The van der Waals surface area contributed by atoms with Gasteiger partial charge in [0.15, 0.2) is 11.8 Å². The molecular weight excluding hydrogens is 435 g/mol. The summed E-state index contributed by atoms with van der Waals surface area (Å²) in [4.78, 5) is 22.6. The highest BCUT2D eigenvalue weighted by atomic mass is 127. The molecule has 9 heteroatoms. The first-order valence-corrected chi connectivity index (χ1v) is 8.68. The fourth-order valence-electron chi connectivity index (χ4n) is 3.58. The van der Waals surface area contributed by atoms with E-state index < -0.39 is 0 Å². The normalized spacial score (nSPS) is 23.5. The minimum atomic E-state index is 0. The highest BCUT2D eigenvalue weighted by Crippen LogP contribution is 2.35. The summed E-state index contributed by atoms with van der Waals surface area (Å²) in [6.45, 7) is 5.32. The van der Waals surface area contributed by atoms with Crippen LogP contribution in [0.3, 0.4) is 0 Å². The number of hydrogen-bond acceptors (Lipinski definition) is 5. The Kier molecular flexibility index (Phi) is 7.03. The van der Waals surface area contributed by atoms with Gasteiger partial charge in [0, 0.05) is 57.9 Å². The Balaban J connectivity index is 0.00000225. The zero-order chi connectivity index (χ0) is 17.0. The lowest BCUT2D eigenvalue weighted by molar-refractivity contribution is -0.119. The third-order valence-electron chi connectivity index (χ3n) is 4.81. The van der Waals surface area contributed by atoms with Gasteiger partial charge in [-0.1, -0.05) is 12.1 Å². The van der Waals surface area contributed by atoms with Crippen molar-refractivity contribution in [3.05, 3.63) is 11.7 Å². The number of aryl methyl sites for hydroxylation is 1. The molecule has 3 heterocycles. The van der Waals surface area contributed by atoms with Gasteiger partial charge in [-0.05, 0) is 12.8 Å². The molecular formula is C16H27IN6O2. The maximum atomic E-state index is 11.6. The van der Waals surface area contributed by atoms with E-state index in [0.29, 0.717) is 25.3 Å². The van der Waals surface area contributed by atoms with Gasteiger partial charge in [0.05, 0.1) is 0 Å². The molecule has 2 aliphatic rings. The van der Waals surface area contributed by atoms with Crippen molar-refractivity contribution >= 4 is 35.8 Å². The Morgan fingerprint density at radius 3 is 3.00 bits per heavy atom. The van der Waals surface area contributed by atoms with Crippen LogP contribution < -0.4 is 10.6 Å². The molecule has 1 aromatic rings. The van der Waals surface area contributed by atoms with Crippen LogP contribution in [0.15, 0.2) is 9.52 Å². The van der Waals surface area contributed by atoms with Crippen LogP contribution in [0, 0.1) is 5.41 Å². The molecule has 0 radical (unpaired) electrons. The second-order valence-electron chi connectivity index (χ2n) is 6.66.